The van der Waals surface area contributed by atoms with Gasteiger partial charge >= 0.3 is 0 Å². The molecule has 6 heteroatoms. The first kappa shape index (κ1) is 26.8. The molecule has 2 unspecified atom stereocenters. The van der Waals surface area contributed by atoms with Crippen LogP contribution in [-0.4, -0.2) is 25.2 Å². The third-order valence-corrected chi connectivity index (χ3v) is 7.27. The van der Waals surface area contributed by atoms with Gasteiger partial charge in [0.1, 0.15) is 5.69 Å². The maximum atomic E-state index is 11.9. The highest BCUT2D eigenvalue weighted by molar-refractivity contribution is 5.66. The molecule has 0 bridgehead atoms. The van der Waals surface area contributed by atoms with E-state index in [1.807, 2.05) is 12.1 Å². The van der Waals surface area contributed by atoms with Crippen molar-refractivity contribution in [1.29, 1.82) is 0 Å². The number of hydrogen-bond acceptors (Lipinski definition) is 5. The van der Waals surface area contributed by atoms with Gasteiger partial charge in [0.15, 0.2) is 11.5 Å². The minimum Gasteiger partial charge on any atom is -0.493 e. The summed E-state index contributed by atoms with van der Waals surface area (Å²) in [5.41, 5.74) is 3.30. The van der Waals surface area contributed by atoms with Crippen LogP contribution in [0, 0.1) is 10.1 Å². The monoisotopic (exact) mass is 482 g/mol. The molecule has 0 aliphatic carbocycles. The van der Waals surface area contributed by atoms with E-state index in [2.05, 4.69) is 30.9 Å². The number of rotatable bonds is 14. The largest absolute Gasteiger partial charge is 0.493 e. The molecular weight excluding hydrogens is 440 g/mol. The standard InChI is InChI=1S/C29H42N2O4/c1-5-6-7-8-9-10-11-12-13-16-25-24-21-29(35-4)28(34-3)20-23(24)19-22(2)30(25)26-17-14-15-18-27(26)31(32)33/h14-15,17-18,20-22,25H,5-13,16,19H2,1-4H3. The number of methoxy groups -OCH3 is 2. The van der Waals surface area contributed by atoms with Crippen LogP contribution in [0.25, 0.3) is 0 Å². The topological polar surface area (TPSA) is 64.8 Å². The van der Waals surface area contributed by atoms with Crippen LogP contribution < -0.4 is 14.4 Å². The van der Waals surface area contributed by atoms with Crippen molar-refractivity contribution in [2.45, 2.75) is 96.6 Å². The van der Waals surface area contributed by atoms with Crippen molar-refractivity contribution in [1.82, 2.24) is 0 Å². The van der Waals surface area contributed by atoms with Gasteiger partial charge < -0.3 is 14.4 Å². The van der Waals surface area contributed by atoms with E-state index in [1.165, 1.54) is 62.5 Å². The summed E-state index contributed by atoms with van der Waals surface area (Å²) >= 11 is 0. The first-order valence-electron chi connectivity index (χ1n) is 13.3. The van der Waals surface area contributed by atoms with Crippen LogP contribution in [0.4, 0.5) is 11.4 Å². The van der Waals surface area contributed by atoms with E-state index in [0.717, 1.165) is 25.0 Å². The van der Waals surface area contributed by atoms with Gasteiger partial charge in [0.25, 0.3) is 5.69 Å². The highest BCUT2D eigenvalue weighted by atomic mass is 16.6. The predicted molar refractivity (Wildman–Crippen MR) is 143 cm³/mol. The fraction of sp³-hybridized carbons (Fsp3) is 0.586. The van der Waals surface area contributed by atoms with Crippen LogP contribution in [0.5, 0.6) is 11.5 Å². The molecule has 0 saturated carbocycles. The molecule has 1 heterocycles. The second-order valence-electron chi connectivity index (χ2n) is 9.75. The zero-order chi connectivity index (χ0) is 25.2. The van der Waals surface area contributed by atoms with Crippen LogP contribution in [0.15, 0.2) is 36.4 Å². The van der Waals surface area contributed by atoms with Crippen LogP contribution in [0.2, 0.25) is 0 Å². The van der Waals surface area contributed by atoms with Crippen molar-refractivity contribution in [3.05, 3.63) is 57.6 Å². The summed E-state index contributed by atoms with van der Waals surface area (Å²) in [5, 5.41) is 11.9. The van der Waals surface area contributed by atoms with Gasteiger partial charge in [0.05, 0.1) is 25.2 Å². The molecule has 35 heavy (non-hydrogen) atoms. The Morgan fingerprint density at radius 2 is 1.54 bits per heavy atom. The Kier molecular flexibility index (Phi) is 10.2. The molecule has 1 aliphatic heterocycles. The third-order valence-electron chi connectivity index (χ3n) is 7.27. The quantitative estimate of drug-likeness (QED) is 0.155. The van der Waals surface area contributed by atoms with E-state index in [0.29, 0.717) is 11.4 Å². The van der Waals surface area contributed by atoms with Gasteiger partial charge in [0.2, 0.25) is 0 Å². The predicted octanol–water partition coefficient (Wildman–Crippen LogP) is 8.03. The lowest BCUT2D eigenvalue weighted by molar-refractivity contribution is -0.384. The van der Waals surface area contributed by atoms with Crippen molar-refractivity contribution in [3.8, 4) is 11.5 Å². The average molecular weight is 483 g/mol. The van der Waals surface area contributed by atoms with Gasteiger partial charge in [-0.2, -0.15) is 0 Å². The summed E-state index contributed by atoms with van der Waals surface area (Å²) in [4.78, 5) is 13.9. The van der Waals surface area contributed by atoms with Crippen molar-refractivity contribution >= 4 is 11.4 Å². The first-order chi connectivity index (χ1) is 17.0. The number of nitro groups is 1. The Hall–Kier alpha value is -2.76. The first-order valence-corrected chi connectivity index (χ1v) is 13.3. The summed E-state index contributed by atoms with van der Waals surface area (Å²) in [6.07, 6.45) is 13.2. The molecule has 0 aromatic heterocycles. The van der Waals surface area contributed by atoms with Gasteiger partial charge in [-0.15, -0.1) is 0 Å². The lowest BCUT2D eigenvalue weighted by atomic mass is 9.85. The van der Waals surface area contributed by atoms with Crippen molar-refractivity contribution in [3.63, 3.8) is 0 Å². The van der Waals surface area contributed by atoms with Gasteiger partial charge in [-0.3, -0.25) is 10.1 Å². The molecule has 6 nitrogen and oxygen atoms in total. The molecule has 2 aromatic rings. The van der Waals surface area contributed by atoms with E-state index in [4.69, 9.17) is 9.47 Å². The van der Waals surface area contributed by atoms with E-state index < -0.39 is 0 Å². The number of nitrogens with zero attached hydrogens (tertiary/aromatic N) is 2. The summed E-state index contributed by atoms with van der Waals surface area (Å²) in [6.45, 7) is 4.42. The van der Waals surface area contributed by atoms with Crippen LogP contribution in [-0.2, 0) is 6.42 Å². The molecule has 1 aliphatic rings. The van der Waals surface area contributed by atoms with Crippen LogP contribution in [0.1, 0.15) is 95.2 Å². The van der Waals surface area contributed by atoms with Gasteiger partial charge in [-0.25, -0.2) is 0 Å². The van der Waals surface area contributed by atoms with E-state index in [-0.39, 0.29) is 22.7 Å². The summed E-state index contributed by atoms with van der Waals surface area (Å²) < 4.78 is 11.2. The fourth-order valence-electron chi connectivity index (χ4n) is 5.48. The van der Waals surface area contributed by atoms with Crippen LogP contribution >= 0.6 is 0 Å². The van der Waals surface area contributed by atoms with Crippen LogP contribution in [0.3, 0.4) is 0 Å². The number of anilines is 1. The number of hydrogen-bond donors (Lipinski definition) is 0. The third kappa shape index (κ3) is 6.68. The fourth-order valence-corrected chi connectivity index (χ4v) is 5.48. The molecule has 192 valence electrons. The highest BCUT2D eigenvalue weighted by Crippen LogP contribution is 2.45. The molecule has 0 radical (unpaired) electrons. The average Bonchev–Trinajstić information content (AvgIpc) is 2.86. The lowest BCUT2D eigenvalue weighted by Crippen LogP contribution is -2.42. The van der Waals surface area contributed by atoms with E-state index in [9.17, 15) is 10.1 Å². The number of fused-ring (bicyclic) bond motifs is 1. The van der Waals surface area contributed by atoms with E-state index in [1.54, 1.807) is 26.4 Å². The normalized spacial score (nSPS) is 17.2. The molecule has 0 N–H and O–H groups in total. The molecule has 0 saturated heterocycles. The molecular formula is C29H42N2O4. The minimum atomic E-state index is -0.262. The summed E-state index contributed by atoms with van der Waals surface area (Å²) in [5.74, 6) is 1.44. The minimum absolute atomic E-state index is 0.0548. The molecule has 2 atom stereocenters. The van der Waals surface area contributed by atoms with E-state index >= 15 is 0 Å². The van der Waals surface area contributed by atoms with Crippen molar-refractivity contribution < 1.29 is 14.4 Å². The maximum absolute atomic E-state index is 11.9. The lowest BCUT2D eigenvalue weighted by Gasteiger charge is -2.43. The number of unbranched alkanes of at least 4 members (excludes halogenated alkanes) is 8. The van der Waals surface area contributed by atoms with Gasteiger partial charge in [-0.05, 0) is 49.1 Å². The highest BCUT2D eigenvalue weighted by Gasteiger charge is 2.36. The van der Waals surface area contributed by atoms with Gasteiger partial charge in [0, 0.05) is 12.1 Å². The second kappa shape index (κ2) is 13.4. The number of ether oxygens (including phenoxy) is 2. The molecule has 2 aromatic carbocycles. The Labute approximate surface area is 210 Å². The number of nitro benzene ring substituents is 1. The molecule has 0 fully saturated rings. The zero-order valence-corrected chi connectivity index (χ0v) is 21.9. The molecule has 0 spiro atoms. The maximum Gasteiger partial charge on any atom is 0.292 e. The second-order valence-corrected chi connectivity index (χ2v) is 9.75. The Morgan fingerprint density at radius 3 is 2.17 bits per heavy atom. The smallest absolute Gasteiger partial charge is 0.292 e. The van der Waals surface area contributed by atoms with Crippen molar-refractivity contribution in [2.24, 2.45) is 0 Å². The Balaban J connectivity index is 1.83. The summed E-state index contributed by atoms with van der Waals surface area (Å²) in [6, 6.07) is 11.5. The Bertz CT molecular complexity index is 962. The zero-order valence-electron chi connectivity index (χ0n) is 21.9. The number of para-hydroxylation sites is 2. The molecule has 3 rings (SSSR count). The number of benzene rings is 2. The SMILES string of the molecule is CCCCCCCCCCCC1c2cc(OC)c(OC)cc2CC(C)N1c1ccccc1[N+](=O)[O-]. The van der Waals surface area contributed by atoms with Gasteiger partial charge in [-0.1, -0.05) is 76.8 Å². The van der Waals surface area contributed by atoms with Crippen molar-refractivity contribution in [2.75, 3.05) is 19.1 Å². The summed E-state index contributed by atoms with van der Waals surface area (Å²) in [7, 11) is 3.32. The molecule has 0 amide bonds. The Morgan fingerprint density at radius 1 is 0.943 bits per heavy atom.